The standard InChI is InChI=1S/C29H38ClN5O4/c1-7-39-24-14-13-20(30)17-22(24)27(37)31-19-29(2,3)18-25(36)32-26-23(15-16-33(4)5)34(6)35(28(26)38)21-11-9-8-10-12-21/h8-14,17H,7,15-16,18-19H2,1-6H3,(H,31,37)(H,32,36). The van der Waals surface area contributed by atoms with E-state index >= 15 is 0 Å². The molecule has 1 aromatic heterocycles. The number of hydrogen-bond donors (Lipinski definition) is 2. The van der Waals surface area contributed by atoms with E-state index < -0.39 is 5.41 Å². The first kappa shape index (κ1) is 30.0. The molecule has 0 saturated carbocycles. The minimum atomic E-state index is -0.596. The summed E-state index contributed by atoms with van der Waals surface area (Å²) in [4.78, 5) is 41.6. The maximum absolute atomic E-state index is 13.5. The number of anilines is 1. The van der Waals surface area contributed by atoms with Crippen LogP contribution in [0.15, 0.2) is 53.3 Å². The number of halogens is 1. The van der Waals surface area contributed by atoms with Crippen molar-refractivity contribution in [3.63, 3.8) is 0 Å². The number of rotatable bonds is 12. The summed E-state index contributed by atoms with van der Waals surface area (Å²) in [7, 11) is 5.74. The molecule has 2 aromatic carbocycles. The Hall–Kier alpha value is -3.56. The van der Waals surface area contributed by atoms with Gasteiger partial charge in [-0.15, -0.1) is 0 Å². The molecular formula is C29H38ClN5O4. The zero-order valence-electron chi connectivity index (χ0n) is 23.5. The molecule has 39 heavy (non-hydrogen) atoms. The molecule has 1 heterocycles. The van der Waals surface area contributed by atoms with Gasteiger partial charge in [0.2, 0.25) is 5.91 Å². The first-order chi connectivity index (χ1) is 18.4. The highest BCUT2D eigenvalue weighted by atomic mass is 35.5. The first-order valence-corrected chi connectivity index (χ1v) is 13.3. The van der Waals surface area contributed by atoms with Crippen molar-refractivity contribution < 1.29 is 14.3 Å². The SMILES string of the molecule is CCOc1ccc(Cl)cc1C(=O)NCC(C)(C)CC(=O)Nc1c(CCN(C)C)n(C)n(-c2ccccc2)c1=O. The van der Waals surface area contributed by atoms with Crippen LogP contribution in [0.1, 0.15) is 43.2 Å². The second-order valence-electron chi connectivity index (χ2n) is 10.5. The van der Waals surface area contributed by atoms with Crippen LogP contribution in [0.4, 0.5) is 5.69 Å². The molecule has 0 atom stereocenters. The van der Waals surface area contributed by atoms with Crippen LogP contribution in [0.3, 0.4) is 0 Å². The average Bonchev–Trinajstić information content (AvgIpc) is 3.10. The lowest BCUT2D eigenvalue weighted by atomic mass is 9.88. The van der Waals surface area contributed by atoms with Gasteiger partial charge in [0.1, 0.15) is 11.4 Å². The van der Waals surface area contributed by atoms with Gasteiger partial charge in [-0.25, -0.2) is 4.68 Å². The average molecular weight is 556 g/mol. The van der Waals surface area contributed by atoms with Gasteiger partial charge in [0.05, 0.1) is 23.6 Å². The molecule has 0 aliphatic carbocycles. The molecule has 0 aliphatic heterocycles. The second-order valence-corrected chi connectivity index (χ2v) is 10.9. The summed E-state index contributed by atoms with van der Waals surface area (Å²) in [6, 6.07) is 14.2. The molecule has 3 rings (SSSR count). The van der Waals surface area contributed by atoms with Gasteiger partial charge in [-0.05, 0) is 56.8 Å². The summed E-state index contributed by atoms with van der Waals surface area (Å²) in [6.07, 6.45) is 0.670. The quantitative estimate of drug-likeness (QED) is 0.350. The number of carbonyl (C=O) groups excluding carboxylic acids is 2. The molecule has 0 radical (unpaired) electrons. The van der Waals surface area contributed by atoms with E-state index in [2.05, 4.69) is 10.6 Å². The summed E-state index contributed by atoms with van der Waals surface area (Å²) in [6.45, 7) is 6.96. The van der Waals surface area contributed by atoms with Crippen LogP contribution in [0.25, 0.3) is 5.69 Å². The van der Waals surface area contributed by atoms with Gasteiger partial charge in [0, 0.05) is 38.0 Å². The number of likely N-dealkylation sites (N-methyl/N-ethyl adjacent to an activating group) is 1. The van der Waals surface area contributed by atoms with E-state index in [1.54, 1.807) is 27.6 Å². The summed E-state index contributed by atoms with van der Waals surface area (Å²) < 4.78 is 8.91. The minimum absolute atomic E-state index is 0.0912. The van der Waals surface area contributed by atoms with E-state index in [-0.39, 0.29) is 36.0 Å². The maximum atomic E-state index is 13.5. The topological polar surface area (TPSA) is 97.6 Å². The fraction of sp³-hybridized carbons (Fsp3) is 0.414. The summed E-state index contributed by atoms with van der Waals surface area (Å²) in [5.74, 6) is -0.200. The molecule has 0 saturated heterocycles. The third-order valence-corrected chi connectivity index (χ3v) is 6.53. The van der Waals surface area contributed by atoms with Crippen molar-refractivity contribution >= 4 is 29.1 Å². The zero-order chi connectivity index (χ0) is 28.7. The molecular weight excluding hydrogens is 518 g/mol. The summed E-state index contributed by atoms with van der Waals surface area (Å²) in [5, 5.41) is 6.20. The van der Waals surface area contributed by atoms with Gasteiger partial charge in [-0.2, -0.15) is 0 Å². The lowest BCUT2D eigenvalue weighted by Gasteiger charge is -2.24. The second kappa shape index (κ2) is 13.0. The third-order valence-electron chi connectivity index (χ3n) is 6.30. The predicted molar refractivity (Wildman–Crippen MR) is 155 cm³/mol. The molecule has 0 spiro atoms. The zero-order valence-corrected chi connectivity index (χ0v) is 24.3. The number of carbonyl (C=O) groups is 2. The van der Waals surface area contributed by atoms with Crippen LogP contribution >= 0.6 is 11.6 Å². The minimum Gasteiger partial charge on any atom is -0.493 e. The third kappa shape index (κ3) is 7.74. The Morgan fingerprint density at radius 2 is 1.79 bits per heavy atom. The number of aromatic nitrogens is 2. The van der Waals surface area contributed by atoms with Crippen molar-refractivity contribution in [1.29, 1.82) is 0 Å². The Balaban J connectivity index is 1.76. The van der Waals surface area contributed by atoms with E-state index in [4.69, 9.17) is 16.3 Å². The molecule has 2 N–H and O–H groups in total. The molecule has 0 aliphatic rings. The van der Waals surface area contributed by atoms with Crippen LogP contribution in [-0.2, 0) is 18.3 Å². The Morgan fingerprint density at radius 3 is 2.44 bits per heavy atom. The lowest BCUT2D eigenvalue weighted by molar-refractivity contribution is -0.118. The highest BCUT2D eigenvalue weighted by Crippen LogP contribution is 2.25. The Bertz CT molecular complexity index is 1360. The van der Waals surface area contributed by atoms with Crippen molar-refractivity contribution in [2.75, 3.05) is 39.1 Å². The molecule has 210 valence electrons. The Kier molecular flexibility index (Phi) is 9.99. The van der Waals surface area contributed by atoms with E-state index in [0.717, 1.165) is 5.69 Å². The number of nitrogens with one attached hydrogen (secondary N) is 2. The van der Waals surface area contributed by atoms with Gasteiger partial charge in [0.15, 0.2) is 0 Å². The summed E-state index contributed by atoms with van der Waals surface area (Å²) >= 11 is 6.09. The maximum Gasteiger partial charge on any atom is 0.295 e. The number of hydrogen-bond acceptors (Lipinski definition) is 5. The smallest absolute Gasteiger partial charge is 0.295 e. The van der Waals surface area contributed by atoms with Crippen LogP contribution in [0.5, 0.6) is 5.75 Å². The van der Waals surface area contributed by atoms with Gasteiger partial charge in [-0.3, -0.25) is 19.1 Å². The number of ether oxygens (including phenoxy) is 1. The van der Waals surface area contributed by atoms with Crippen LogP contribution in [0, 0.1) is 5.41 Å². The number of amides is 2. The monoisotopic (exact) mass is 555 g/mol. The van der Waals surface area contributed by atoms with Crippen LogP contribution in [-0.4, -0.2) is 59.9 Å². The Morgan fingerprint density at radius 1 is 1.10 bits per heavy atom. The van der Waals surface area contributed by atoms with Crippen molar-refractivity contribution in [3.8, 4) is 11.4 Å². The normalized spacial score (nSPS) is 11.5. The number of para-hydroxylation sites is 1. The lowest BCUT2D eigenvalue weighted by Crippen LogP contribution is -2.37. The van der Waals surface area contributed by atoms with Crippen LogP contribution < -0.4 is 20.9 Å². The molecule has 10 heteroatoms. The molecule has 2 amide bonds. The van der Waals surface area contributed by atoms with E-state index in [1.165, 1.54) is 0 Å². The van der Waals surface area contributed by atoms with E-state index in [9.17, 15) is 14.4 Å². The van der Waals surface area contributed by atoms with E-state index in [0.29, 0.717) is 41.6 Å². The first-order valence-electron chi connectivity index (χ1n) is 12.9. The van der Waals surface area contributed by atoms with Crippen molar-refractivity contribution in [2.24, 2.45) is 12.5 Å². The van der Waals surface area contributed by atoms with Gasteiger partial charge >= 0.3 is 0 Å². The highest BCUT2D eigenvalue weighted by molar-refractivity contribution is 6.31. The van der Waals surface area contributed by atoms with Gasteiger partial charge in [-0.1, -0.05) is 43.6 Å². The van der Waals surface area contributed by atoms with Crippen molar-refractivity contribution in [2.45, 2.75) is 33.6 Å². The van der Waals surface area contributed by atoms with E-state index in [1.807, 2.05) is 77.1 Å². The molecule has 0 unspecified atom stereocenters. The Labute approximate surface area is 234 Å². The predicted octanol–water partition coefficient (Wildman–Crippen LogP) is 4.12. The number of benzene rings is 2. The van der Waals surface area contributed by atoms with Crippen molar-refractivity contribution in [1.82, 2.24) is 19.6 Å². The largest absolute Gasteiger partial charge is 0.493 e. The highest BCUT2D eigenvalue weighted by Gasteiger charge is 2.27. The van der Waals surface area contributed by atoms with Crippen molar-refractivity contribution in [3.05, 3.63) is 75.2 Å². The molecule has 3 aromatic rings. The molecule has 9 nitrogen and oxygen atoms in total. The molecule has 0 fully saturated rings. The fourth-order valence-electron chi connectivity index (χ4n) is 4.31. The fourth-order valence-corrected chi connectivity index (χ4v) is 4.48. The molecule has 0 bridgehead atoms. The van der Waals surface area contributed by atoms with Gasteiger partial charge in [0.25, 0.3) is 11.5 Å². The van der Waals surface area contributed by atoms with Gasteiger partial charge < -0.3 is 20.3 Å². The number of nitrogens with zero attached hydrogens (tertiary/aromatic N) is 3. The van der Waals surface area contributed by atoms with Crippen LogP contribution in [0.2, 0.25) is 5.02 Å². The summed E-state index contributed by atoms with van der Waals surface area (Å²) in [5.41, 5.74) is 1.17.